The topological polar surface area (TPSA) is 127 Å². The summed E-state index contributed by atoms with van der Waals surface area (Å²) in [6.07, 6.45) is 3.83. The number of aryl methyl sites for hydroxylation is 2. The summed E-state index contributed by atoms with van der Waals surface area (Å²) in [4.78, 5) is 3.53. The van der Waals surface area contributed by atoms with Gasteiger partial charge in [0.2, 0.25) is 0 Å². The van der Waals surface area contributed by atoms with Gasteiger partial charge in [0.25, 0.3) is 0 Å². The Hall–Kier alpha value is -2.50. The molecule has 5 N–H and O–H groups in total. The Balaban J connectivity index is 0.00000342. The number of aromatic hydroxyl groups is 1. The van der Waals surface area contributed by atoms with E-state index in [2.05, 4.69) is 21.1 Å². The van der Waals surface area contributed by atoms with Gasteiger partial charge in [-0.05, 0) is 61.1 Å². The third-order valence-corrected chi connectivity index (χ3v) is 7.52. The molecule has 1 atom stereocenters. The van der Waals surface area contributed by atoms with Crippen LogP contribution in [-0.2, 0) is 23.1 Å². The van der Waals surface area contributed by atoms with E-state index >= 15 is 0 Å². The Kier molecular flexibility index (Phi) is 8.89. The highest BCUT2D eigenvalue weighted by molar-refractivity contribution is 7.90. The first-order chi connectivity index (χ1) is 16.2. The molecule has 0 unspecified atom stereocenters. The van der Waals surface area contributed by atoms with Gasteiger partial charge in [-0.25, -0.2) is 0 Å². The summed E-state index contributed by atoms with van der Waals surface area (Å²) in [5.74, 6) is 0.576. The summed E-state index contributed by atoms with van der Waals surface area (Å²) in [7, 11) is -1.01. The van der Waals surface area contributed by atoms with Crippen molar-refractivity contribution in [3.63, 3.8) is 0 Å². The van der Waals surface area contributed by atoms with Crippen molar-refractivity contribution >= 4 is 39.2 Å². The number of hydrogen-bond acceptors (Lipinski definition) is 6. The van der Waals surface area contributed by atoms with E-state index in [-0.39, 0.29) is 30.4 Å². The van der Waals surface area contributed by atoms with Crippen LogP contribution < -0.4 is 14.8 Å². The smallest absolute Gasteiger partial charge is 0.301 e. The number of aromatic amines is 1. The molecule has 0 spiro atoms. The molecule has 4 rings (SSSR count). The second-order valence-electron chi connectivity index (χ2n) is 8.73. The fraction of sp³-hybridized carbons (Fsp3) is 0.417. The standard InChI is InChI=1S/C24H32N4O5S.ClH/c1-28(2)34(31,32)27-22-13-16(7-10-23(22)29)24(30)15-25-11-12-33-17-8-9-19-18-5-3-4-6-20(18)26-21(19)14-17;/h7-10,13-14,24-27,29-30H,3-6,11-12,15H2,1-2H3;1H/t24-;/m0./s1. The molecule has 0 fully saturated rings. The number of aliphatic hydroxyl groups is 1. The van der Waals surface area contributed by atoms with Crippen LogP contribution in [0, 0.1) is 0 Å². The Morgan fingerprint density at radius 2 is 1.91 bits per heavy atom. The highest BCUT2D eigenvalue weighted by Crippen LogP contribution is 2.31. The molecule has 0 radical (unpaired) electrons. The van der Waals surface area contributed by atoms with Crippen molar-refractivity contribution in [1.82, 2.24) is 14.6 Å². The number of H-pyrrole nitrogens is 1. The minimum Gasteiger partial charge on any atom is -0.506 e. The molecule has 0 aliphatic heterocycles. The lowest BCUT2D eigenvalue weighted by Gasteiger charge is -2.17. The van der Waals surface area contributed by atoms with E-state index in [4.69, 9.17) is 4.74 Å². The summed E-state index contributed by atoms with van der Waals surface area (Å²) >= 11 is 0. The summed E-state index contributed by atoms with van der Waals surface area (Å²) < 4.78 is 33.2. The molecule has 1 aromatic heterocycles. The van der Waals surface area contributed by atoms with Gasteiger partial charge in [0, 0.05) is 49.8 Å². The lowest BCUT2D eigenvalue weighted by Crippen LogP contribution is -2.29. The summed E-state index contributed by atoms with van der Waals surface area (Å²) in [6, 6.07) is 10.5. The van der Waals surface area contributed by atoms with Gasteiger partial charge in [0.05, 0.1) is 11.8 Å². The third-order valence-electron chi connectivity index (χ3n) is 6.08. The van der Waals surface area contributed by atoms with E-state index < -0.39 is 16.3 Å². The maximum Gasteiger partial charge on any atom is 0.301 e. The molecule has 0 saturated heterocycles. The first kappa shape index (κ1) is 27.1. The van der Waals surface area contributed by atoms with Crippen LogP contribution in [0.4, 0.5) is 5.69 Å². The van der Waals surface area contributed by atoms with Crippen LogP contribution in [0.5, 0.6) is 11.5 Å². The zero-order valence-corrected chi connectivity index (χ0v) is 21.5. The number of aromatic nitrogens is 1. The normalized spacial score (nSPS) is 14.4. The SMILES string of the molecule is CN(C)S(=O)(=O)Nc1cc([C@@H](O)CNCCOc2ccc3c4c([nH]c3c2)CCCC4)ccc1O.Cl. The highest BCUT2D eigenvalue weighted by Gasteiger charge is 2.18. The zero-order chi connectivity index (χ0) is 24.3. The molecule has 1 aliphatic rings. The van der Waals surface area contributed by atoms with Gasteiger partial charge in [-0.3, -0.25) is 4.72 Å². The van der Waals surface area contributed by atoms with Gasteiger partial charge in [-0.15, -0.1) is 12.4 Å². The van der Waals surface area contributed by atoms with E-state index in [0.29, 0.717) is 18.7 Å². The molecule has 1 aliphatic carbocycles. The summed E-state index contributed by atoms with van der Waals surface area (Å²) in [5, 5.41) is 24.9. The second kappa shape index (κ2) is 11.5. The van der Waals surface area contributed by atoms with Crippen LogP contribution in [0.15, 0.2) is 36.4 Å². The van der Waals surface area contributed by atoms with Gasteiger partial charge < -0.3 is 25.3 Å². The number of ether oxygens (including phenoxy) is 1. The third kappa shape index (κ3) is 6.39. The number of fused-ring (bicyclic) bond motifs is 3. The van der Waals surface area contributed by atoms with Crippen LogP contribution in [0.3, 0.4) is 0 Å². The predicted octanol–water partition coefficient (Wildman–Crippen LogP) is 3.09. The van der Waals surface area contributed by atoms with Crippen molar-refractivity contribution in [3.05, 3.63) is 53.2 Å². The van der Waals surface area contributed by atoms with Gasteiger partial charge in [0.15, 0.2) is 0 Å². The van der Waals surface area contributed by atoms with Crippen molar-refractivity contribution in [2.45, 2.75) is 31.8 Å². The number of phenols is 1. The van der Waals surface area contributed by atoms with Crippen molar-refractivity contribution in [2.24, 2.45) is 0 Å². The van der Waals surface area contributed by atoms with Crippen molar-refractivity contribution in [2.75, 3.05) is 38.5 Å². The number of rotatable bonds is 10. The first-order valence-corrected chi connectivity index (χ1v) is 12.9. The number of hydrogen-bond donors (Lipinski definition) is 5. The molecule has 0 amide bonds. The number of anilines is 1. The second-order valence-corrected chi connectivity index (χ2v) is 10.6. The molecule has 3 aromatic rings. The minimum atomic E-state index is -3.77. The van der Waals surface area contributed by atoms with Crippen LogP contribution >= 0.6 is 12.4 Å². The van der Waals surface area contributed by atoms with Gasteiger partial charge in [-0.1, -0.05) is 6.07 Å². The zero-order valence-electron chi connectivity index (χ0n) is 19.9. The van der Waals surface area contributed by atoms with Gasteiger partial charge >= 0.3 is 10.2 Å². The van der Waals surface area contributed by atoms with E-state index in [9.17, 15) is 18.6 Å². The Labute approximate surface area is 212 Å². The Morgan fingerprint density at radius 1 is 1.14 bits per heavy atom. The first-order valence-electron chi connectivity index (χ1n) is 11.4. The van der Waals surface area contributed by atoms with Crippen molar-refractivity contribution in [1.29, 1.82) is 0 Å². The van der Waals surface area contributed by atoms with Crippen molar-refractivity contribution < 1.29 is 23.4 Å². The van der Waals surface area contributed by atoms with E-state index in [0.717, 1.165) is 28.4 Å². The minimum absolute atomic E-state index is 0. The number of nitrogens with zero attached hydrogens (tertiary/aromatic N) is 1. The largest absolute Gasteiger partial charge is 0.506 e. The molecule has 2 aromatic carbocycles. The average Bonchev–Trinajstić information content (AvgIpc) is 3.17. The Bertz CT molecular complexity index is 1260. The number of phenolic OH excluding ortho intramolecular Hbond substituents is 1. The maximum absolute atomic E-state index is 12.0. The van der Waals surface area contributed by atoms with Crippen LogP contribution in [0.2, 0.25) is 0 Å². The molecular weight excluding hydrogens is 492 g/mol. The fourth-order valence-electron chi connectivity index (χ4n) is 4.15. The van der Waals surface area contributed by atoms with Gasteiger partial charge in [-0.2, -0.15) is 12.7 Å². The molecule has 1 heterocycles. The van der Waals surface area contributed by atoms with E-state index in [1.165, 1.54) is 55.7 Å². The summed E-state index contributed by atoms with van der Waals surface area (Å²) in [6.45, 7) is 1.20. The monoisotopic (exact) mass is 524 g/mol. The van der Waals surface area contributed by atoms with Crippen LogP contribution in [-0.4, -0.2) is 61.7 Å². The average molecular weight is 525 g/mol. The number of halogens is 1. The van der Waals surface area contributed by atoms with Crippen LogP contribution in [0.25, 0.3) is 10.9 Å². The van der Waals surface area contributed by atoms with E-state index in [1.807, 2.05) is 12.1 Å². The van der Waals surface area contributed by atoms with Crippen molar-refractivity contribution in [3.8, 4) is 11.5 Å². The molecule has 35 heavy (non-hydrogen) atoms. The number of aliphatic hydroxyl groups excluding tert-OH is 1. The van der Waals surface area contributed by atoms with Crippen LogP contribution in [0.1, 0.15) is 35.8 Å². The number of benzene rings is 2. The fourth-order valence-corrected chi connectivity index (χ4v) is 4.78. The lowest BCUT2D eigenvalue weighted by molar-refractivity contribution is 0.172. The molecule has 192 valence electrons. The highest BCUT2D eigenvalue weighted by atomic mass is 35.5. The number of nitrogens with one attached hydrogen (secondary N) is 3. The maximum atomic E-state index is 12.0. The van der Waals surface area contributed by atoms with E-state index in [1.54, 1.807) is 6.07 Å². The molecule has 0 saturated carbocycles. The molecular formula is C24H33ClN4O5S. The molecule has 9 nitrogen and oxygen atoms in total. The predicted molar refractivity (Wildman–Crippen MR) is 140 cm³/mol. The summed E-state index contributed by atoms with van der Waals surface area (Å²) in [5.41, 5.74) is 4.39. The Morgan fingerprint density at radius 3 is 2.69 bits per heavy atom. The lowest BCUT2D eigenvalue weighted by atomic mass is 9.96. The molecule has 11 heteroatoms. The quantitative estimate of drug-likeness (QED) is 0.205. The van der Waals surface area contributed by atoms with Gasteiger partial charge in [0.1, 0.15) is 18.1 Å². The molecule has 0 bridgehead atoms.